The molecule has 0 spiro atoms. The fourth-order valence-corrected chi connectivity index (χ4v) is 2.53. The quantitative estimate of drug-likeness (QED) is 0.608. The molecule has 0 aliphatic rings. The van der Waals surface area contributed by atoms with Crippen molar-refractivity contribution in [1.82, 2.24) is 15.8 Å². The molecule has 1 aromatic heterocycles. The van der Waals surface area contributed by atoms with Gasteiger partial charge in [-0.15, -0.1) is 0 Å². The molecule has 144 valence electrons. The second kappa shape index (κ2) is 8.85. The van der Waals surface area contributed by atoms with E-state index in [1.54, 1.807) is 18.2 Å². The summed E-state index contributed by atoms with van der Waals surface area (Å²) < 4.78 is 5.15. The van der Waals surface area contributed by atoms with Gasteiger partial charge in [0.1, 0.15) is 5.69 Å². The van der Waals surface area contributed by atoms with Crippen molar-refractivity contribution in [3.8, 4) is 11.3 Å². The molecule has 1 heterocycles. The first-order valence-electron chi connectivity index (χ1n) is 8.98. The molecule has 3 N–H and O–H groups in total. The Labute approximate surface area is 163 Å². The summed E-state index contributed by atoms with van der Waals surface area (Å²) in [4.78, 5) is 24.0. The standard InChI is InChI=1S/C21H22N4O3/c1-14(2)23-21(27)24-17-10-8-15(9-11-17)13-22-20(26)19-12-18(25-28-19)16-6-4-3-5-7-16/h3-12,14H,13H2,1-2H3,(H,22,26)(H2,23,24,27). The molecule has 0 bridgehead atoms. The molecule has 3 aromatic rings. The summed E-state index contributed by atoms with van der Waals surface area (Å²) >= 11 is 0. The number of carbonyl (C=O) groups is 2. The van der Waals surface area contributed by atoms with E-state index in [4.69, 9.17) is 4.52 Å². The van der Waals surface area contributed by atoms with Crippen LogP contribution in [0.1, 0.15) is 30.0 Å². The van der Waals surface area contributed by atoms with Gasteiger partial charge in [0.2, 0.25) is 5.76 Å². The summed E-state index contributed by atoms with van der Waals surface area (Å²) in [6, 6.07) is 18.2. The minimum atomic E-state index is -0.340. The second-order valence-electron chi connectivity index (χ2n) is 6.58. The third kappa shape index (κ3) is 5.20. The molecule has 0 fully saturated rings. The van der Waals surface area contributed by atoms with E-state index >= 15 is 0 Å². The van der Waals surface area contributed by atoms with Crippen LogP contribution in [0.4, 0.5) is 10.5 Å². The monoisotopic (exact) mass is 378 g/mol. The van der Waals surface area contributed by atoms with Crippen LogP contribution in [0, 0.1) is 0 Å². The highest BCUT2D eigenvalue weighted by Gasteiger charge is 2.13. The summed E-state index contributed by atoms with van der Waals surface area (Å²) in [6.07, 6.45) is 0. The van der Waals surface area contributed by atoms with Crippen molar-refractivity contribution in [2.45, 2.75) is 26.4 Å². The number of amides is 3. The molecule has 28 heavy (non-hydrogen) atoms. The number of hydrogen-bond acceptors (Lipinski definition) is 4. The Bertz CT molecular complexity index is 934. The molecule has 0 aliphatic carbocycles. The molecular weight excluding hydrogens is 356 g/mol. The third-order valence-electron chi connectivity index (χ3n) is 3.89. The van der Waals surface area contributed by atoms with E-state index in [0.29, 0.717) is 17.9 Å². The van der Waals surface area contributed by atoms with Crippen molar-refractivity contribution < 1.29 is 14.1 Å². The highest BCUT2D eigenvalue weighted by atomic mass is 16.5. The zero-order chi connectivity index (χ0) is 19.9. The Morgan fingerprint density at radius 3 is 2.43 bits per heavy atom. The molecule has 0 aliphatic heterocycles. The van der Waals surface area contributed by atoms with Crippen LogP contribution in [0.5, 0.6) is 0 Å². The zero-order valence-electron chi connectivity index (χ0n) is 15.7. The average molecular weight is 378 g/mol. The highest BCUT2D eigenvalue weighted by molar-refractivity contribution is 5.92. The van der Waals surface area contributed by atoms with E-state index in [9.17, 15) is 9.59 Å². The highest BCUT2D eigenvalue weighted by Crippen LogP contribution is 2.18. The number of hydrogen-bond donors (Lipinski definition) is 3. The van der Waals surface area contributed by atoms with Crippen molar-refractivity contribution in [3.05, 3.63) is 72.0 Å². The van der Waals surface area contributed by atoms with Crippen LogP contribution < -0.4 is 16.0 Å². The average Bonchev–Trinajstić information content (AvgIpc) is 3.17. The van der Waals surface area contributed by atoms with Crippen LogP contribution in [-0.4, -0.2) is 23.1 Å². The number of nitrogens with zero attached hydrogens (tertiary/aromatic N) is 1. The van der Waals surface area contributed by atoms with Crippen LogP contribution in [0.15, 0.2) is 65.2 Å². The molecule has 2 aromatic carbocycles. The molecule has 3 amide bonds. The molecule has 0 saturated heterocycles. The van der Waals surface area contributed by atoms with Gasteiger partial charge in [0.05, 0.1) is 0 Å². The SMILES string of the molecule is CC(C)NC(=O)Nc1ccc(CNC(=O)c2cc(-c3ccccc3)no2)cc1. The summed E-state index contributed by atoms with van der Waals surface area (Å²) in [5.74, 6) is -0.185. The Morgan fingerprint density at radius 1 is 1.04 bits per heavy atom. The van der Waals surface area contributed by atoms with Gasteiger partial charge < -0.3 is 20.5 Å². The number of urea groups is 1. The van der Waals surface area contributed by atoms with Crippen molar-refractivity contribution in [2.75, 3.05) is 5.32 Å². The van der Waals surface area contributed by atoms with Gasteiger partial charge in [0, 0.05) is 29.9 Å². The maximum Gasteiger partial charge on any atom is 0.319 e. The zero-order valence-corrected chi connectivity index (χ0v) is 15.7. The third-order valence-corrected chi connectivity index (χ3v) is 3.89. The fourth-order valence-electron chi connectivity index (χ4n) is 2.53. The van der Waals surface area contributed by atoms with Gasteiger partial charge in [-0.05, 0) is 31.5 Å². The number of aromatic nitrogens is 1. The molecule has 0 unspecified atom stereocenters. The summed E-state index contributed by atoms with van der Waals surface area (Å²) in [5, 5.41) is 12.2. The molecule has 3 rings (SSSR count). The maximum absolute atomic E-state index is 12.3. The summed E-state index contributed by atoms with van der Waals surface area (Å²) in [7, 11) is 0. The van der Waals surface area contributed by atoms with Gasteiger partial charge in [-0.2, -0.15) is 0 Å². The normalized spacial score (nSPS) is 10.5. The first kappa shape index (κ1) is 19.2. The molecular formula is C21H22N4O3. The van der Waals surface area contributed by atoms with E-state index in [1.165, 1.54) is 0 Å². The van der Waals surface area contributed by atoms with Crippen molar-refractivity contribution in [3.63, 3.8) is 0 Å². The predicted molar refractivity (Wildman–Crippen MR) is 107 cm³/mol. The number of rotatable bonds is 6. The maximum atomic E-state index is 12.3. The lowest BCUT2D eigenvalue weighted by Gasteiger charge is -2.10. The van der Waals surface area contributed by atoms with Gasteiger partial charge in [0.25, 0.3) is 5.91 Å². The topological polar surface area (TPSA) is 96.3 Å². The molecule has 0 atom stereocenters. The largest absolute Gasteiger partial charge is 0.350 e. The number of benzene rings is 2. The van der Waals surface area contributed by atoms with Crippen LogP contribution in [-0.2, 0) is 6.54 Å². The van der Waals surface area contributed by atoms with E-state index < -0.39 is 0 Å². The second-order valence-corrected chi connectivity index (χ2v) is 6.58. The molecule has 7 nitrogen and oxygen atoms in total. The fraction of sp³-hybridized carbons (Fsp3) is 0.190. The lowest BCUT2D eigenvalue weighted by molar-refractivity contribution is 0.0914. The van der Waals surface area contributed by atoms with Crippen LogP contribution in [0.3, 0.4) is 0 Å². The van der Waals surface area contributed by atoms with Crippen LogP contribution >= 0.6 is 0 Å². The minimum Gasteiger partial charge on any atom is -0.350 e. The van der Waals surface area contributed by atoms with E-state index in [1.807, 2.05) is 56.3 Å². The van der Waals surface area contributed by atoms with Crippen molar-refractivity contribution in [2.24, 2.45) is 0 Å². The Balaban J connectivity index is 1.53. The number of nitrogens with one attached hydrogen (secondary N) is 3. The van der Waals surface area contributed by atoms with Crippen LogP contribution in [0.2, 0.25) is 0 Å². The van der Waals surface area contributed by atoms with E-state index in [0.717, 1.165) is 11.1 Å². The number of carbonyl (C=O) groups excluding carboxylic acids is 2. The Morgan fingerprint density at radius 2 is 1.75 bits per heavy atom. The van der Waals surface area contributed by atoms with Gasteiger partial charge in [-0.25, -0.2) is 4.79 Å². The predicted octanol–water partition coefficient (Wildman–Crippen LogP) is 3.80. The molecule has 0 radical (unpaired) electrons. The lowest BCUT2D eigenvalue weighted by atomic mass is 10.1. The number of anilines is 1. The molecule has 7 heteroatoms. The van der Waals surface area contributed by atoms with Crippen molar-refractivity contribution in [1.29, 1.82) is 0 Å². The minimum absolute atomic E-state index is 0.0629. The smallest absolute Gasteiger partial charge is 0.319 e. The van der Waals surface area contributed by atoms with Gasteiger partial charge in [0.15, 0.2) is 0 Å². The van der Waals surface area contributed by atoms with Gasteiger partial charge in [-0.1, -0.05) is 47.6 Å². The summed E-state index contributed by atoms with van der Waals surface area (Å²) in [5.41, 5.74) is 3.07. The van der Waals surface area contributed by atoms with Crippen molar-refractivity contribution >= 4 is 17.6 Å². The van der Waals surface area contributed by atoms with Gasteiger partial charge in [-0.3, -0.25) is 4.79 Å². The Hall–Kier alpha value is -3.61. The first-order chi connectivity index (χ1) is 13.5. The van der Waals surface area contributed by atoms with E-state index in [2.05, 4.69) is 21.1 Å². The first-order valence-corrected chi connectivity index (χ1v) is 8.98. The molecule has 0 saturated carbocycles. The van der Waals surface area contributed by atoms with Gasteiger partial charge >= 0.3 is 6.03 Å². The van der Waals surface area contributed by atoms with E-state index in [-0.39, 0.29) is 23.7 Å². The Kier molecular flexibility index (Phi) is 6.06. The van der Waals surface area contributed by atoms with Crippen LogP contribution in [0.25, 0.3) is 11.3 Å². The summed E-state index contributed by atoms with van der Waals surface area (Å²) in [6.45, 7) is 4.12. The lowest BCUT2D eigenvalue weighted by Crippen LogP contribution is -2.34.